The van der Waals surface area contributed by atoms with Crippen molar-refractivity contribution in [2.75, 3.05) is 6.61 Å². The molecule has 0 aliphatic rings. The molecule has 0 saturated heterocycles. The van der Waals surface area contributed by atoms with Crippen LogP contribution in [-0.4, -0.2) is 21.7 Å². The first-order valence-electron chi connectivity index (χ1n) is 3.59. The van der Waals surface area contributed by atoms with Gasteiger partial charge in [-0.2, -0.15) is 0 Å². The maximum absolute atomic E-state index is 8.62. The van der Waals surface area contributed by atoms with Gasteiger partial charge in [0.25, 0.3) is 0 Å². The molecule has 0 aromatic carbocycles. The van der Waals surface area contributed by atoms with Crippen LogP contribution in [0.4, 0.5) is 0 Å². The van der Waals surface area contributed by atoms with Gasteiger partial charge in [0.1, 0.15) is 4.99 Å². The molecular formula is C8H10N2OS. The van der Waals surface area contributed by atoms with Crippen molar-refractivity contribution in [3.05, 3.63) is 29.6 Å². The van der Waals surface area contributed by atoms with Crippen molar-refractivity contribution in [3.8, 4) is 0 Å². The van der Waals surface area contributed by atoms with Crippen LogP contribution in [0.3, 0.4) is 0 Å². The number of nitrogens with two attached hydrogens (primary N) is 1. The van der Waals surface area contributed by atoms with E-state index in [1.807, 2.05) is 6.07 Å². The van der Waals surface area contributed by atoms with Gasteiger partial charge in [0, 0.05) is 12.8 Å². The number of thiocarbonyl (C=S) groups is 1. The van der Waals surface area contributed by atoms with Gasteiger partial charge >= 0.3 is 0 Å². The summed E-state index contributed by atoms with van der Waals surface area (Å²) in [5, 5.41) is 8.62. The molecule has 0 atom stereocenters. The third-order valence-electron chi connectivity index (χ3n) is 1.48. The highest BCUT2D eigenvalue weighted by Crippen LogP contribution is 2.00. The Hall–Kier alpha value is -1.00. The molecule has 12 heavy (non-hydrogen) atoms. The highest BCUT2D eigenvalue weighted by Gasteiger charge is 1.97. The van der Waals surface area contributed by atoms with Gasteiger partial charge in [0.2, 0.25) is 0 Å². The van der Waals surface area contributed by atoms with Gasteiger partial charge in [0.15, 0.2) is 0 Å². The summed E-state index contributed by atoms with van der Waals surface area (Å²) in [6.07, 6.45) is 2.29. The highest BCUT2D eigenvalue weighted by atomic mass is 32.1. The van der Waals surface area contributed by atoms with E-state index in [1.54, 1.807) is 12.3 Å². The van der Waals surface area contributed by atoms with Gasteiger partial charge in [-0.25, -0.2) is 0 Å². The summed E-state index contributed by atoms with van der Waals surface area (Å²) >= 11 is 4.74. The minimum Gasteiger partial charge on any atom is -0.396 e. The maximum Gasteiger partial charge on any atom is 0.122 e. The normalized spacial score (nSPS) is 9.75. The fourth-order valence-corrected chi connectivity index (χ4v) is 0.968. The number of hydrogen-bond donors (Lipinski definition) is 2. The van der Waals surface area contributed by atoms with Crippen LogP contribution in [0.25, 0.3) is 0 Å². The molecule has 0 fully saturated rings. The number of aromatic nitrogens is 1. The van der Waals surface area contributed by atoms with Crippen molar-refractivity contribution in [1.82, 2.24) is 4.98 Å². The Kier molecular flexibility index (Phi) is 3.13. The van der Waals surface area contributed by atoms with Crippen molar-refractivity contribution < 1.29 is 5.11 Å². The average molecular weight is 182 g/mol. The lowest BCUT2D eigenvalue weighted by molar-refractivity contribution is 0.299. The van der Waals surface area contributed by atoms with Crippen LogP contribution in [0.2, 0.25) is 0 Å². The third-order valence-corrected chi connectivity index (χ3v) is 1.69. The molecule has 0 radical (unpaired) electrons. The zero-order valence-electron chi connectivity index (χ0n) is 6.53. The van der Waals surface area contributed by atoms with Crippen LogP contribution >= 0.6 is 12.2 Å². The number of hydrogen-bond acceptors (Lipinski definition) is 3. The second-order valence-electron chi connectivity index (χ2n) is 2.39. The second kappa shape index (κ2) is 4.13. The summed E-state index contributed by atoms with van der Waals surface area (Å²) in [5.74, 6) is 0. The molecule has 4 heteroatoms. The van der Waals surface area contributed by atoms with Gasteiger partial charge in [-0.15, -0.1) is 0 Å². The van der Waals surface area contributed by atoms with Crippen LogP contribution in [0.1, 0.15) is 11.3 Å². The number of aliphatic hydroxyl groups is 1. The SMILES string of the molecule is NC(=S)c1ccc(CCO)cn1. The molecule has 0 bridgehead atoms. The first-order chi connectivity index (χ1) is 5.74. The smallest absolute Gasteiger partial charge is 0.122 e. The molecule has 1 heterocycles. The summed E-state index contributed by atoms with van der Waals surface area (Å²) in [4.78, 5) is 4.32. The molecule has 3 N–H and O–H groups in total. The lowest BCUT2D eigenvalue weighted by atomic mass is 10.2. The van der Waals surface area contributed by atoms with E-state index in [-0.39, 0.29) is 6.61 Å². The Balaban J connectivity index is 2.78. The standard InChI is InChI=1S/C8H10N2OS/c9-8(12)7-2-1-6(3-4-11)5-10-7/h1-2,5,11H,3-4H2,(H2,9,12). The summed E-state index contributed by atoms with van der Waals surface area (Å²) in [7, 11) is 0. The van der Waals surface area contributed by atoms with Crippen LogP contribution in [0.5, 0.6) is 0 Å². The van der Waals surface area contributed by atoms with E-state index in [0.29, 0.717) is 17.1 Å². The monoisotopic (exact) mass is 182 g/mol. The molecule has 1 aromatic rings. The van der Waals surface area contributed by atoms with Crippen LogP contribution in [0, 0.1) is 0 Å². The third kappa shape index (κ3) is 2.25. The predicted octanol–water partition coefficient (Wildman–Crippen LogP) is 0.251. The Morgan fingerprint density at radius 2 is 2.33 bits per heavy atom. The van der Waals surface area contributed by atoms with Gasteiger partial charge in [-0.1, -0.05) is 18.3 Å². The largest absolute Gasteiger partial charge is 0.396 e. The minimum absolute atomic E-state index is 0.133. The van der Waals surface area contributed by atoms with E-state index in [2.05, 4.69) is 4.98 Å². The Morgan fingerprint density at radius 3 is 2.75 bits per heavy atom. The highest BCUT2D eigenvalue weighted by molar-refractivity contribution is 7.80. The van der Waals surface area contributed by atoms with E-state index in [9.17, 15) is 0 Å². The first kappa shape index (κ1) is 9.09. The molecule has 0 saturated carbocycles. The molecule has 0 aliphatic carbocycles. The van der Waals surface area contributed by atoms with Crippen LogP contribution < -0.4 is 5.73 Å². The first-order valence-corrected chi connectivity index (χ1v) is 4.00. The van der Waals surface area contributed by atoms with Gasteiger partial charge in [-0.05, 0) is 18.1 Å². The van der Waals surface area contributed by atoms with Crippen LogP contribution in [0.15, 0.2) is 18.3 Å². The quantitative estimate of drug-likeness (QED) is 0.658. The Bertz CT molecular complexity index is 271. The summed E-state index contributed by atoms with van der Waals surface area (Å²) < 4.78 is 0. The zero-order valence-corrected chi connectivity index (χ0v) is 7.34. The van der Waals surface area contributed by atoms with Gasteiger partial charge in [0.05, 0.1) is 5.69 Å². The minimum atomic E-state index is 0.133. The second-order valence-corrected chi connectivity index (χ2v) is 2.83. The number of rotatable bonds is 3. The predicted molar refractivity (Wildman–Crippen MR) is 50.9 cm³/mol. The summed E-state index contributed by atoms with van der Waals surface area (Å²) in [6, 6.07) is 3.62. The molecule has 1 rings (SSSR count). The Morgan fingerprint density at radius 1 is 1.58 bits per heavy atom. The molecule has 0 aliphatic heterocycles. The van der Waals surface area contributed by atoms with Crippen molar-refractivity contribution in [2.45, 2.75) is 6.42 Å². The van der Waals surface area contributed by atoms with Crippen LogP contribution in [-0.2, 0) is 6.42 Å². The van der Waals surface area contributed by atoms with Crippen molar-refractivity contribution in [2.24, 2.45) is 5.73 Å². The fraction of sp³-hybridized carbons (Fsp3) is 0.250. The Labute approximate surface area is 76.2 Å². The van der Waals surface area contributed by atoms with E-state index in [1.165, 1.54) is 0 Å². The maximum atomic E-state index is 8.62. The van der Waals surface area contributed by atoms with Crippen molar-refractivity contribution >= 4 is 17.2 Å². The lowest BCUT2D eigenvalue weighted by Crippen LogP contribution is -2.11. The molecule has 0 amide bonds. The van der Waals surface area contributed by atoms with Crippen molar-refractivity contribution in [3.63, 3.8) is 0 Å². The molecule has 3 nitrogen and oxygen atoms in total. The topological polar surface area (TPSA) is 59.1 Å². The number of aliphatic hydroxyl groups excluding tert-OH is 1. The van der Waals surface area contributed by atoms with E-state index >= 15 is 0 Å². The molecule has 1 aromatic heterocycles. The molecule has 64 valence electrons. The van der Waals surface area contributed by atoms with Crippen molar-refractivity contribution in [1.29, 1.82) is 0 Å². The summed E-state index contributed by atoms with van der Waals surface area (Å²) in [6.45, 7) is 0.133. The molecule has 0 spiro atoms. The molecular weight excluding hydrogens is 172 g/mol. The number of nitrogens with zero attached hydrogens (tertiary/aromatic N) is 1. The van der Waals surface area contributed by atoms with Gasteiger partial charge in [-0.3, -0.25) is 4.98 Å². The summed E-state index contributed by atoms with van der Waals surface area (Å²) in [5.41, 5.74) is 6.96. The zero-order chi connectivity index (χ0) is 8.97. The van der Waals surface area contributed by atoms with E-state index < -0.39 is 0 Å². The number of pyridine rings is 1. The lowest BCUT2D eigenvalue weighted by Gasteiger charge is -1.99. The van der Waals surface area contributed by atoms with Gasteiger partial charge < -0.3 is 10.8 Å². The van der Waals surface area contributed by atoms with E-state index in [4.69, 9.17) is 23.1 Å². The average Bonchev–Trinajstić information content (AvgIpc) is 2.06. The fourth-order valence-electron chi connectivity index (χ4n) is 0.847. The van der Waals surface area contributed by atoms with E-state index in [0.717, 1.165) is 5.56 Å². The molecule has 0 unspecified atom stereocenters.